The maximum Gasteiger partial charge on any atom is 0.191 e. The van der Waals surface area contributed by atoms with E-state index in [-0.39, 0.29) is 11.7 Å². The van der Waals surface area contributed by atoms with E-state index in [0.29, 0.717) is 25.6 Å². The van der Waals surface area contributed by atoms with E-state index >= 15 is 0 Å². The van der Waals surface area contributed by atoms with Crippen LogP contribution in [0, 0.1) is 11.6 Å². The lowest BCUT2D eigenvalue weighted by molar-refractivity contribution is 0.576. The zero-order chi connectivity index (χ0) is 21.6. The number of guanidine groups is 1. The van der Waals surface area contributed by atoms with Gasteiger partial charge in [-0.25, -0.2) is 8.78 Å². The summed E-state index contributed by atoms with van der Waals surface area (Å²) in [5, 5.41) is 6.72. The third-order valence-electron chi connectivity index (χ3n) is 5.78. The molecule has 2 fully saturated rings. The first-order valence-electron chi connectivity index (χ1n) is 10.7. The zero-order valence-corrected chi connectivity index (χ0v) is 18.6. The van der Waals surface area contributed by atoms with E-state index in [1.54, 1.807) is 11.9 Å². The minimum Gasteiger partial charge on any atom is -0.370 e. The van der Waals surface area contributed by atoms with Gasteiger partial charge in [-0.1, -0.05) is 18.2 Å². The molecule has 166 valence electrons. The van der Waals surface area contributed by atoms with Crippen molar-refractivity contribution in [3.63, 3.8) is 0 Å². The molecule has 2 aromatic rings. The smallest absolute Gasteiger partial charge is 0.191 e. The number of aliphatic imine (C=N–C) groups is 1. The highest BCUT2D eigenvalue weighted by atomic mass is 32.2. The molecule has 1 unspecified atom stereocenters. The molecule has 0 amide bonds. The van der Waals surface area contributed by atoms with Gasteiger partial charge in [-0.15, -0.1) is 0 Å². The number of hydrogen-bond acceptors (Lipinski definition) is 4. The summed E-state index contributed by atoms with van der Waals surface area (Å²) in [6.45, 7) is 4.00. The molecule has 0 bridgehead atoms. The fourth-order valence-corrected chi connectivity index (χ4v) is 5.00. The van der Waals surface area contributed by atoms with E-state index in [2.05, 4.69) is 44.8 Å². The molecule has 2 N–H and O–H groups in total. The summed E-state index contributed by atoms with van der Waals surface area (Å²) >= 11 is 2.01. The average Bonchev–Trinajstić information content (AvgIpc) is 3.25. The largest absolute Gasteiger partial charge is 0.370 e. The van der Waals surface area contributed by atoms with Gasteiger partial charge in [-0.3, -0.25) is 4.99 Å². The van der Waals surface area contributed by atoms with Gasteiger partial charge in [-0.05, 0) is 36.2 Å². The summed E-state index contributed by atoms with van der Waals surface area (Å²) in [6.07, 6.45) is 0.789. The van der Waals surface area contributed by atoms with Crippen LogP contribution in [0.4, 0.5) is 20.2 Å². The number of nitrogens with one attached hydrogen (secondary N) is 2. The second kappa shape index (κ2) is 10.2. The lowest BCUT2D eigenvalue weighted by atomic mass is 10.2. The first kappa shape index (κ1) is 21.7. The van der Waals surface area contributed by atoms with Crippen molar-refractivity contribution >= 4 is 29.1 Å². The summed E-state index contributed by atoms with van der Waals surface area (Å²) in [4.78, 5) is 8.49. The number of thioether (sulfide) groups is 1. The molecule has 4 rings (SSSR count). The Morgan fingerprint density at radius 1 is 1.03 bits per heavy atom. The Labute approximate surface area is 186 Å². The van der Waals surface area contributed by atoms with Crippen molar-refractivity contribution < 1.29 is 8.78 Å². The summed E-state index contributed by atoms with van der Waals surface area (Å²) in [5.41, 5.74) is 2.51. The second-order valence-corrected chi connectivity index (χ2v) is 9.06. The molecule has 0 aliphatic carbocycles. The summed E-state index contributed by atoms with van der Waals surface area (Å²) in [7, 11) is 1.73. The quantitative estimate of drug-likeness (QED) is 0.545. The SMILES string of the molecule is CN=C(NCc1ccc(N2CCSCC2)cc1)NC1CCN(c2c(F)cccc2F)C1. The topological polar surface area (TPSA) is 42.9 Å². The molecule has 0 saturated carbocycles. The van der Waals surface area contributed by atoms with Crippen molar-refractivity contribution in [3.05, 3.63) is 59.7 Å². The van der Waals surface area contributed by atoms with Crippen molar-refractivity contribution in [2.24, 2.45) is 4.99 Å². The molecule has 31 heavy (non-hydrogen) atoms. The number of nitrogens with zero attached hydrogens (tertiary/aromatic N) is 3. The highest BCUT2D eigenvalue weighted by molar-refractivity contribution is 7.99. The van der Waals surface area contributed by atoms with Crippen LogP contribution < -0.4 is 20.4 Å². The van der Waals surface area contributed by atoms with Crippen LogP contribution in [0.1, 0.15) is 12.0 Å². The highest BCUT2D eigenvalue weighted by Gasteiger charge is 2.27. The maximum atomic E-state index is 14.1. The Morgan fingerprint density at radius 3 is 2.42 bits per heavy atom. The number of hydrogen-bond donors (Lipinski definition) is 2. The Bertz CT molecular complexity index is 879. The molecule has 2 saturated heterocycles. The molecule has 0 radical (unpaired) electrons. The van der Waals surface area contributed by atoms with E-state index in [4.69, 9.17) is 0 Å². The highest BCUT2D eigenvalue weighted by Crippen LogP contribution is 2.26. The van der Waals surface area contributed by atoms with Gasteiger partial charge in [0, 0.05) is 63.0 Å². The van der Waals surface area contributed by atoms with E-state index in [0.717, 1.165) is 19.5 Å². The molecule has 1 atom stereocenters. The predicted octanol–water partition coefficient (Wildman–Crippen LogP) is 3.46. The van der Waals surface area contributed by atoms with Gasteiger partial charge in [0.15, 0.2) is 5.96 Å². The van der Waals surface area contributed by atoms with Crippen LogP contribution in [-0.2, 0) is 6.54 Å². The number of halogens is 2. The molecular formula is C23H29F2N5S. The fourth-order valence-electron chi connectivity index (χ4n) is 4.09. The Balaban J connectivity index is 1.28. The molecule has 2 heterocycles. The van der Waals surface area contributed by atoms with Gasteiger partial charge in [-0.2, -0.15) is 11.8 Å². The van der Waals surface area contributed by atoms with Gasteiger partial charge < -0.3 is 20.4 Å². The van der Waals surface area contributed by atoms with Crippen LogP contribution in [0.5, 0.6) is 0 Å². The van der Waals surface area contributed by atoms with Crippen LogP contribution in [0.3, 0.4) is 0 Å². The number of benzene rings is 2. The zero-order valence-electron chi connectivity index (χ0n) is 17.8. The summed E-state index contributed by atoms with van der Waals surface area (Å²) in [5.74, 6) is 2.03. The molecule has 2 aromatic carbocycles. The van der Waals surface area contributed by atoms with Gasteiger partial charge in [0.05, 0.1) is 0 Å². The molecule has 2 aliphatic rings. The van der Waals surface area contributed by atoms with E-state index in [1.807, 2.05) is 11.8 Å². The third kappa shape index (κ3) is 5.42. The first-order valence-corrected chi connectivity index (χ1v) is 11.9. The van der Waals surface area contributed by atoms with E-state index < -0.39 is 11.6 Å². The van der Waals surface area contributed by atoms with Crippen LogP contribution in [0.25, 0.3) is 0 Å². The van der Waals surface area contributed by atoms with Crippen molar-refractivity contribution in [1.82, 2.24) is 10.6 Å². The summed E-state index contributed by atoms with van der Waals surface area (Å²) in [6, 6.07) is 12.7. The van der Waals surface area contributed by atoms with Gasteiger partial charge >= 0.3 is 0 Å². The Morgan fingerprint density at radius 2 is 1.74 bits per heavy atom. The molecule has 5 nitrogen and oxygen atoms in total. The number of para-hydroxylation sites is 1. The minimum absolute atomic E-state index is 0.0575. The van der Waals surface area contributed by atoms with Gasteiger partial charge in [0.25, 0.3) is 0 Å². The van der Waals surface area contributed by atoms with Crippen LogP contribution in [0.15, 0.2) is 47.5 Å². The standard InChI is InChI=1S/C23H29F2N5S/c1-26-23(27-15-17-5-7-19(8-6-17)29-11-13-31-14-12-29)28-18-9-10-30(16-18)22-20(24)3-2-4-21(22)25/h2-8,18H,9-16H2,1H3,(H2,26,27,28). The second-order valence-electron chi connectivity index (χ2n) is 7.84. The lowest BCUT2D eigenvalue weighted by Gasteiger charge is -2.28. The molecule has 8 heteroatoms. The molecule has 0 aromatic heterocycles. The lowest BCUT2D eigenvalue weighted by Crippen LogP contribution is -2.44. The van der Waals surface area contributed by atoms with Crippen molar-refractivity contribution in [1.29, 1.82) is 0 Å². The van der Waals surface area contributed by atoms with Gasteiger partial charge in [0.1, 0.15) is 17.3 Å². The molecule has 0 spiro atoms. The average molecular weight is 446 g/mol. The molecular weight excluding hydrogens is 416 g/mol. The minimum atomic E-state index is -0.519. The third-order valence-corrected chi connectivity index (χ3v) is 6.72. The Hall–Kier alpha value is -2.48. The van der Waals surface area contributed by atoms with Crippen LogP contribution >= 0.6 is 11.8 Å². The van der Waals surface area contributed by atoms with E-state index in [1.165, 1.54) is 41.0 Å². The fraction of sp³-hybridized carbons (Fsp3) is 0.435. The van der Waals surface area contributed by atoms with E-state index in [9.17, 15) is 8.78 Å². The monoisotopic (exact) mass is 445 g/mol. The normalized spacial score (nSPS) is 19.6. The van der Waals surface area contributed by atoms with Crippen molar-refractivity contribution in [2.45, 2.75) is 19.0 Å². The Kier molecular flexibility index (Phi) is 7.17. The van der Waals surface area contributed by atoms with Crippen LogP contribution in [0.2, 0.25) is 0 Å². The number of rotatable bonds is 5. The first-order chi connectivity index (χ1) is 15.1. The van der Waals surface area contributed by atoms with Gasteiger partial charge in [0.2, 0.25) is 0 Å². The van der Waals surface area contributed by atoms with Crippen molar-refractivity contribution in [3.8, 4) is 0 Å². The predicted molar refractivity (Wildman–Crippen MR) is 126 cm³/mol. The summed E-state index contributed by atoms with van der Waals surface area (Å²) < 4.78 is 28.1. The van der Waals surface area contributed by atoms with Crippen LogP contribution in [-0.4, -0.2) is 56.7 Å². The molecule has 2 aliphatic heterocycles. The van der Waals surface area contributed by atoms with Crippen molar-refractivity contribution in [2.75, 3.05) is 54.5 Å². The number of anilines is 2. The maximum absolute atomic E-state index is 14.1.